The smallest absolute Gasteiger partial charge is 0.366 e. The van der Waals surface area contributed by atoms with Crippen LogP contribution in [0.1, 0.15) is 31.2 Å². The lowest BCUT2D eigenvalue weighted by molar-refractivity contribution is -0.140. The van der Waals surface area contributed by atoms with Gasteiger partial charge in [0.1, 0.15) is 0 Å². The van der Waals surface area contributed by atoms with E-state index in [-0.39, 0.29) is 12.5 Å². The summed E-state index contributed by atoms with van der Waals surface area (Å²) in [5, 5.41) is 0.646. The quantitative estimate of drug-likeness (QED) is 0.596. The summed E-state index contributed by atoms with van der Waals surface area (Å²) in [5.41, 5.74) is 0.978. The van der Waals surface area contributed by atoms with Crippen LogP contribution in [0.2, 0.25) is 5.02 Å². The van der Waals surface area contributed by atoms with Crippen molar-refractivity contribution >= 4 is 17.6 Å². The number of ether oxygens (including phenoxy) is 1. The molecule has 2 rings (SSSR count). The van der Waals surface area contributed by atoms with Crippen molar-refractivity contribution < 1.29 is 13.9 Å². The first-order valence-corrected chi connectivity index (χ1v) is 6.79. The zero-order valence-corrected chi connectivity index (χ0v) is 11.5. The molecule has 0 bridgehead atoms. The van der Waals surface area contributed by atoms with Crippen molar-refractivity contribution in [3.63, 3.8) is 0 Å². The van der Waals surface area contributed by atoms with Crippen molar-refractivity contribution in [1.29, 1.82) is 0 Å². The molecule has 1 unspecified atom stereocenters. The monoisotopic (exact) mass is 282 g/mol. The molecule has 0 saturated heterocycles. The van der Waals surface area contributed by atoms with E-state index in [4.69, 9.17) is 11.6 Å². The average Bonchev–Trinajstić information content (AvgIpc) is 3.21. The number of allylic oxidation sites excluding steroid dienone is 1. The lowest BCUT2D eigenvalue weighted by Gasteiger charge is -2.12. The highest BCUT2D eigenvalue weighted by Gasteiger charge is 2.32. The van der Waals surface area contributed by atoms with Gasteiger partial charge in [0, 0.05) is 10.9 Å². The molecular weight excluding hydrogens is 267 g/mol. The molecule has 1 fully saturated rings. The molecule has 1 aliphatic rings. The third-order valence-corrected chi connectivity index (χ3v) is 3.43. The van der Waals surface area contributed by atoms with Crippen molar-refractivity contribution in [2.75, 3.05) is 6.61 Å². The van der Waals surface area contributed by atoms with Gasteiger partial charge in [0.25, 0.3) is 0 Å². The van der Waals surface area contributed by atoms with Crippen molar-refractivity contribution in [2.24, 2.45) is 5.92 Å². The normalized spacial score (nSPS) is 17.1. The van der Waals surface area contributed by atoms with Crippen molar-refractivity contribution in [1.82, 2.24) is 0 Å². The van der Waals surface area contributed by atoms with Crippen LogP contribution in [0.5, 0.6) is 0 Å². The third-order valence-electron chi connectivity index (χ3n) is 3.18. The molecular formula is C15H16ClFO2. The summed E-state index contributed by atoms with van der Waals surface area (Å²) in [6.45, 7) is 1.83. The van der Waals surface area contributed by atoms with Gasteiger partial charge in [0.15, 0.2) is 0 Å². The molecule has 1 aliphatic carbocycles. The fraction of sp³-hybridized carbons (Fsp3) is 0.400. The summed E-state index contributed by atoms with van der Waals surface area (Å²) in [6, 6.07) is 7.31. The lowest BCUT2D eigenvalue weighted by Crippen LogP contribution is -2.07. The molecule has 0 aliphatic heterocycles. The largest absolute Gasteiger partial charge is 0.461 e. The van der Waals surface area contributed by atoms with E-state index < -0.39 is 11.8 Å². The summed E-state index contributed by atoms with van der Waals surface area (Å²) in [6.07, 6.45) is 3.48. The predicted octanol–water partition coefficient (Wildman–Crippen LogP) is 4.25. The summed E-state index contributed by atoms with van der Waals surface area (Å²) in [7, 11) is 0. The Labute approximate surface area is 117 Å². The predicted molar refractivity (Wildman–Crippen MR) is 72.7 cm³/mol. The summed E-state index contributed by atoms with van der Waals surface area (Å²) in [4.78, 5) is 11.3. The number of hydrogen-bond acceptors (Lipinski definition) is 2. The Morgan fingerprint density at radius 1 is 1.47 bits per heavy atom. The molecule has 1 aromatic carbocycles. The van der Waals surface area contributed by atoms with Gasteiger partial charge in [-0.1, -0.05) is 23.7 Å². The second-order valence-corrected chi connectivity index (χ2v) is 5.09. The minimum atomic E-state index is -0.887. The molecule has 0 N–H and O–H groups in total. The summed E-state index contributed by atoms with van der Waals surface area (Å²) in [5.74, 6) is -1.38. The van der Waals surface area contributed by atoms with Gasteiger partial charge in [0.2, 0.25) is 5.83 Å². The highest BCUT2D eigenvalue weighted by atomic mass is 35.5. The van der Waals surface area contributed by atoms with Gasteiger partial charge in [0.05, 0.1) is 6.61 Å². The Balaban J connectivity index is 2.19. The van der Waals surface area contributed by atoms with E-state index in [1.54, 1.807) is 19.1 Å². The van der Waals surface area contributed by atoms with Gasteiger partial charge in [-0.2, -0.15) is 4.39 Å². The van der Waals surface area contributed by atoms with Gasteiger partial charge in [-0.05, 0) is 49.5 Å². The number of rotatable bonds is 5. The van der Waals surface area contributed by atoms with Gasteiger partial charge in [-0.25, -0.2) is 4.79 Å². The number of halogens is 2. The number of hydrogen-bond donors (Lipinski definition) is 0. The van der Waals surface area contributed by atoms with Crippen molar-refractivity contribution in [2.45, 2.75) is 25.7 Å². The van der Waals surface area contributed by atoms with Crippen molar-refractivity contribution in [3.05, 3.63) is 46.8 Å². The maximum atomic E-state index is 13.7. The highest BCUT2D eigenvalue weighted by molar-refractivity contribution is 6.30. The van der Waals surface area contributed by atoms with E-state index in [9.17, 15) is 9.18 Å². The molecule has 0 amide bonds. The van der Waals surface area contributed by atoms with Crippen LogP contribution in [-0.4, -0.2) is 12.6 Å². The van der Waals surface area contributed by atoms with Crippen LogP contribution in [0.3, 0.4) is 0 Å². The molecule has 4 heteroatoms. The van der Waals surface area contributed by atoms with Gasteiger partial charge in [-0.3, -0.25) is 0 Å². The topological polar surface area (TPSA) is 26.3 Å². The second kappa shape index (κ2) is 6.20. The lowest BCUT2D eigenvalue weighted by atomic mass is 9.93. The SMILES string of the molecule is CCOC(=O)C(F)=CC(c1ccc(Cl)cc1)C1CC1. The maximum Gasteiger partial charge on any atom is 0.366 e. The van der Waals surface area contributed by atoms with Gasteiger partial charge in [-0.15, -0.1) is 0 Å². The van der Waals surface area contributed by atoms with Gasteiger partial charge >= 0.3 is 5.97 Å². The minimum absolute atomic E-state index is 0.0818. The molecule has 0 aromatic heterocycles. The maximum absolute atomic E-state index is 13.7. The van der Waals surface area contributed by atoms with Crippen LogP contribution in [-0.2, 0) is 9.53 Å². The third kappa shape index (κ3) is 3.80. The Hall–Kier alpha value is -1.35. The molecule has 0 heterocycles. The minimum Gasteiger partial charge on any atom is -0.461 e. The Kier molecular flexibility index (Phi) is 4.59. The molecule has 102 valence electrons. The molecule has 2 nitrogen and oxygen atoms in total. The Morgan fingerprint density at radius 2 is 2.11 bits per heavy atom. The summed E-state index contributed by atoms with van der Waals surface area (Å²) < 4.78 is 18.4. The van der Waals surface area contributed by atoms with E-state index in [0.717, 1.165) is 18.4 Å². The second-order valence-electron chi connectivity index (χ2n) is 4.65. The zero-order chi connectivity index (χ0) is 13.8. The Morgan fingerprint density at radius 3 is 2.63 bits per heavy atom. The van der Waals surface area contributed by atoms with Gasteiger partial charge < -0.3 is 4.74 Å². The van der Waals surface area contributed by atoms with Crippen LogP contribution in [0.15, 0.2) is 36.2 Å². The summed E-state index contributed by atoms with van der Waals surface area (Å²) >= 11 is 5.85. The van der Waals surface area contributed by atoms with E-state index in [2.05, 4.69) is 4.74 Å². The van der Waals surface area contributed by atoms with E-state index >= 15 is 0 Å². The van der Waals surface area contributed by atoms with Crippen molar-refractivity contribution in [3.8, 4) is 0 Å². The van der Waals surface area contributed by atoms with Crippen LogP contribution in [0, 0.1) is 5.92 Å². The van der Waals surface area contributed by atoms with E-state index in [1.807, 2.05) is 12.1 Å². The first-order valence-electron chi connectivity index (χ1n) is 6.41. The first-order chi connectivity index (χ1) is 9.11. The number of carbonyl (C=O) groups is 1. The van der Waals surface area contributed by atoms with Crippen LogP contribution < -0.4 is 0 Å². The Bertz CT molecular complexity index is 477. The zero-order valence-electron chi connectivity index (χ0n) is 10.7. The molecule has 0 radical (unpaired) electrons. The molecule has 1 saturated carbocycles. The number of benzene rings is 1. The van der Waals surface area contributed by atoms with Crippen LogP contribution in [0.25, 0.3) is 0 Å². The fourth-order valence-electron chi connectivity index (χ4n) is 2.07. The highest BCUT2D eigenvalue weighted by Crippen LogP contribution is 2.44. The molecule has 1 atom stereocenters. The van der Waals surface area contributed by atoms with E-state index in [1.165, 1.54) is 6.08 Å². The van der Waals surface area contributed by atoms with Crippen LogP contribution >= 0.6 is 11.6 Å². The molecule has 1 aromatic rings. The first kappa shape index (κ1) is 14.1. The molecule has 0 spiro atoms. The number of esters is 1. The van der Waals surface area contributed by atoms with E-state index in [0.29, 0.717) is 10.9 Å². The molecule has 19 heavy (non-hydrogen) atoms. The number of carbonyl (C=O) groups excluding carboxylic acids is 1. The van der Waals surface area contributed by atoms with Crippen LogP contribution in [0.4, 0.5) is 4.39 Å². The fourth-order valence-corrected chi connectivity index (χ4v) is 2.20. The standard InChI is InChI=1S/C15H16ClFO2/c1-2-19-15(18)14(17)9-13(10-3-4-10)11-5-7-12(16)8-6-11/h5-10,13H,2-4H2,1H3. The average molecular weight is 283 g/mol.